The minimum Gasteiger partial charge on any atom is -0.465 e. The molecule has 2 atom stereocenters. The first-order valence-electron chi connectivity index (χ1n) is 6.85. The van der Waals surface area contributed by atoms with E-state index in [1.165, 1.54) is 18.5 Å². The van der Waals surface area contributed by atoms with E-state index in [2.05, 4.69) is 17.9 Å². The Kier molecular flexibility index (Phi) is 4.08. The maximum Gasteiger partial charge on any atom is 0.314 e. The molecular weight excluding hydrogens is 214 g/mol. The van der Waals surface area contributed by atoms with Crippen LogP contribution in [0.2, 0.25) is 0 Å². The van der Waals surface area contributed by atoms with Crippen LogP contribution >= 0.6 is 0 Å². The summed E-state index contributed by atoms with van der Waals surface area (Å²) < 4.78 is 5.20. The number of carbonyl (C=O) groups is 1. The summed E-state index contributed by atoms with van der Waals surface area (Å²) in [6, 6.07) is 0. The minimum atomic E-state index is -0.0300. The van der Waals surface area contributed by atoms with E-state index in [0.717, 1.165) is 25.9 Å². The molecule has 0 saturated carbocycles. The average Bonchev–Trinajstić information content (AvgIpc) is 2.82. The van der Waals surface area contributed by atoms with Crippen molar-refractivity contribution in [1.82, 2.24) is 4.90 Å². The molecule has 0 aromatic rings. The zero-order valence-electron chi connectivity index (χ0n) is 10.9. The average molecular weight is 237 g/mol. The van der Waals surface area contributed by atoms with E-state index in [4.69, 9.17) is 4.74 Å². The molecule has 2 rings (SSSR count). The van der Waals surface area contributed by atoms with Crippen molar-refractivity contribution in [3.63, 3.8) is 0 Å². The standard InChI is InChI=1S/C14H23NO2/c1-3-17-14(16)12-7-6-11(2)10-13(12)15-8-4-5-9-15/h10-12H,3-9H2,1-2H3. The van der Waals surface area contributed by atoms with Crippen molar-refractivity contribution in [2.24, 2.45) is 11.8 Å². The number of carbonyl (C=O) groups excluding carboxylic acids is 1. The SMILES string of the molecule is CCOC(=O)C1CCC(C)C=C1N1CCCC1. The van der Waals surface area contributed by atoms with E-state index in [1.54, 1.807) is 0 Å². The fraction of sp³-hybridized carbons (Fsp3) is 0.786. The normalized spacial score (nSPS) is 29.1. The topological polar surface area (TPSA) is 29.5 Å². The maximum atomic E-state index is 12.0. The molecule has 0 N–H and O–H groups in total. The third kappa shape index (κ3) is 2.82. The van der Waals surface area contributed by atoms with Crippen molar-refractivity contribution in [2.75, 3.05) is 19.7 Å². The van der Waals surface area contributed by atoms with Gasteiger partial charge < -0.3 is 9.64 Å². The number of allylic oxidation sites excluding steroid dienone is 1. The molecule has 0 aromatic heterocycles. The van der Waals surface area contributed by atoms with Crippen molar-refractivity contribution in [1.29, 1.82) is 0 Å². The van der Waals surface area contributed by atoms with Gasteiger partial charge in [-0.15, -0.1) is 0 Å². The highest BCUT2D eigenvalue weighted by molar-refractivity contribution is 5.76. The van der Waals surface area contributed by atoms with Gasteiger partial charge in [-0.05, 0) is 38.5 Å². The minimum absolute atomic E-state index is 0.00995. The van der Waals surface area contributed by atoms with Crippen molar-refractivity contribution < 1.29 is 9.53 Å². The van der Waals surface area contributed by atoms with Crippen LogP contribution in [0.3, 0.4) is 0 Å². The van der Waals surface area contributed by atoms with Gasteiger partial charge in [0.2, 0.25) is 0 Å². The Morgan fingerprint density at radius 3 is 2.76 bits per heavy atom. The Morgan fingerprint density at radius 1 is 1.41 bits per heavy atom. The lowest BCUT2D eigenvalue weighted by molar-refractivity contribution is -0.147. The number of nitrogens with zero attached hydrogens (tertiary/aromatic N) is 1. The Balaban J connectivity index is 2.12. The van der Waals surface area contributed by atoms with Gasteiger partial charge in [0.1, 0.15) is 0 Å². The van der Waals surface area contributed by atoms with E-state index >= 15 is 0 Å². The van der Waals surface area contributed by atoms with Crippen LogP contribution in [0.4, 0.5) is 0 Å². The summed E-state index contributed by atoms with van der Waals surface area (Å²) in [7, 11) is 0. The molecule has 0 radical (unpaired) electrons. The van der Waals surface area contributed by atoms with Gasteiger partial charge in [-0.25, -0.2) is 0 Å². The number of ether oxygens (including phenoxy) is 1. The van der Waals surface area contributed by atoms with E-state index < -0.39 is 0 Å². The Labute approximate surface area is 104 Å². The lowest BCUT2D eigenvalue weighted by Crippen LogP contribution is -2.33. The number of hydrogen-bond acceptors (Lipinski definition) is 3. The van der Waals surface area contributed by atoms with Gasteiger partial charge in [-0.2, -0.15) is 0 Å². The Hall–Kier alpha value is -0.990. The molecule has 1 aliphatic heterocycles. The molecule has 1 aliphatic carbocycles. The van der Waals surface area contributed by atoms with Crippen LogP contribution in [0.1, 0.15) is 39.5 Å². The molecule has 2 unspecified atom stereocenters. The molecule has 1 saturated heterocycles. The first kappa shape index (κ1) is 12.5. The zero-order chi connectivity index (χ0) is 12.3. The monoisotopic (exact) mass is 237 g/mol. The maximum absolute atomic E-state index is 12.0. The van der Waals surface area contributed by atoms with E-state index in [9.17, 15) is 4.79 Å². The Bertz CT molecular complexity index is 305. The second-order valence-electron chi connectivity index (χ2n) is 5.14. The summed E-state index contributed by atoms with van der Waals surface area (Å²) in [6.45, 7) is 6.81. The van der Waals surface area contributed by atoms with Gasteiger partial charge in [0, 0.05) is 18.8 Å². The molecule has 0 amide bonds. The highest BCUT2D eigenvalue weighted by Crippen LogP contribution is 2.33. The van der Waals surface area contributed by atoms with Crippen LogP contribution in [-0.2, 0) is 9.53 Å². The highest BCUT2D eigenvalue weighted by Gasteiger charge is 2.32. The summed E-state index contributed by atoms with van der Waals surface area (Å²) in [5.74, 6) is 0.554. The van der Waals surface area contributed by atoms with Crippen molar-refractivity contribution in [3.8, 4) is 0 Å². The molecule has 0 spiro atoms. The quantitative estimate of drug-likeness (QED) is 0.707. The molecule has 0 bridgehead atoms. The third-order valence-corrected chi connectivity index (χ3v) is 3.77. The lowest BCUT2D eigenvalue weighted by Gasteiger charge is -2.32. The molecule has 1 heterocycles. The Morgan fingerprint density at radius 2 is 2.12 bits per heavy atom. The van der Waals surface area contributed by atoms with Crippen molar-refractivity contribution >= 4 is 5.97 Å². The summed E-state index contributed by atoms with van der Waals surface area (Å²) in [6.07, 6.45) is 6.84. The zero-order valence-corrected chi connectivity index (χ0v) is 10.9. The smallest absolute Gasteiger partial charge is 0.314 e. The van der Waals surface area contributed by atoms with E-state index in [1.807, 2.05) is 6.92 Å². The highest BCUT2D eigenvalue weighted by atomic mass is 16.5. The predicted molar refractivity (Wildman–Crippen MR) is 67.4 cm³/mol. The van der Waals surface area contributed by atoms with Gasteiger partial charge in [-0.3, -0.25) is 4.79 Å². The molecule has 96 valence electrons. The fourth-order valence-electron chi connectivity index (χ4n) is 2.85. The molecule has 3 heteroatoms. The van der Waals surface area contributed by atoms with Gasteiger partial charge in [0.05, 0.1) is 12.5 Å². The lowest BCUT2D eigenvalue weighted by atomic mass is 9.86. The molecule has 3 nitrogen and oxygen atoms in total. The number of rotatable bonds is 3. The van der Waals surface area contributed by atoms with E-state index in [0.29, 0.717) is 12.5 Å². The summed E-state index contributed by atoms with van der Waals surface area (Å²) in [4.78, 5) is 14.4. The molecular formula is C14H23NO2. The van der Waals surface area contributed by atoms with Crippen molar-refractivity contribution in [2.45, 2.75) is 39.5 Å². The number of esters is 1. The first-order chi connectivity index (χ1) is 8.22. The van der Waals surface area contributed by atoms with Gasteiger partial charge in [0.15, 0.2) is 0 Å². The largest absolute Gasteiger partial charge is 0.465 e. The van der Waals surface area contributed by atoms with Crippen molar-refractivity contribution in [3.05, 3.63) is 11.8 Å². The second kappa shape index (κ2) is 5.56. The molecule has 0 aromatic carbocycles. The molecule has 2 aliphatic rings. The number of hydrogen-bond donors (Lipinski definition) is 0. The molecule has 1 fully saturated rings. The fourth-order valence-corrected chi connectivity index (χ4v) is 2.85. The third-order valence-electron chi connectivity index (χ3n) is 3.77. The van der Waals surface area contributed by atoms with Gasteiger partial charge in [-0.1, -0.05) is 13.0 Å². The van der Waals surface area contributed by atoms with Crippen LogP contribution < -0.4 is 0 Å². The van der Waals surface area contributed by atoms with Crippen LogP contribution in [0.25, 0.3) is 0 Å². The van der Waals surface area contributed by atoms with Crippen LogP contribution in [0.5, 0.6) is 0 Å². The van der Waals surface area contributed by atoms with E-state index in [-0.39, 0.29) is 11.9 Å². The van der Waals surface area contributed by atoms with Gasteiger partial charge >= 0.3 is 5.97 Å². The second-order valence-corrected chi connectivity index (χ2v) is 5.14. The summed E-state index contributed by atoms with van der Waals surface area (Å²) >= 11 is 0. The summed E-state index contributed by atoms with van der Waals surface area (Å²) in [5.41, 5.74) is 1.24. The summed E-state index contributed by atoms with van der Waals surface area (Å²) in [5, 5.41) is 0. The van der Waals surface area contributed by atoms with Gasteiger partial charge in [0.25, 0.3) is 0 Å². The van der Waals surface area contributed by atoms with Crippen LogP contribution in [0, 0.1) is 11.8 Å². The van der Waals surface area contributed by atoms with Crippen LogP contribution in [-0.4, -0.2) is 30.6 Å². The number of likely N-dealkylation sites (tertiary alicyclic amines) is 1. The van der Waals surface area contributed by atoms with Crippen LogP contribution in [0.15, 0.2) is 11.8 Å². The molecule has 17 heavy (non-hydrogen) atoms. The predicted octanol–water partition coefficient (Wildman–Crippen LogP) is 2.58. The first-order valence-corrected chi connectivity index (χ1v) is 6.85.